The highest BCUT2D eigenvalue weighted by Gasteiger charge is 2.21. The summed E-state index contributed by atoms with van der Waals surface area (Å²) in [5.41, 5.74) is 15.6. The Morgan fingerprint density at radius 1 is 1.06 bits per heavy atom. The van der Waals surface area contributed by atoms with Gasteiger partial charge in [-0.25, -0.2) is 8.78 Å². The number of halogens is 2. The number of aromatic nitrogens is 2. The van der Waals surface area contributed by atoms with E-state index in [1.807, 2.05) is 42.7 Å². The summed E-state index contributed by atoms with van der Waals surface area (Å²) in [6.07, 6.45) is 4.59. The standard InChI is InChI=1S/C25H30F2N6O2/c26-6-9-34-17-1-3-22-20(12-17)21(14-32-22)24(13-28)33-15-16(5-8-31-25(29)30)19-11-18(35-10-7-27)2-4-23(19)33/h1-4,11-12,14-15,24,32H,5-10,13,28H2,(H4,29,30,31). The van der Waals surface area contributed by atoms with Crippen molar-refractivity contribution in [2.45, 2.75) is 12.5 Å². The summed E-state index contributed by atoms with van der Waals surface area (Å²) in [5, 5.41) is 12.2. The van der Waals surface area contributed by atoms with Crippen molar-refractivity contribution in [2.24, 2.45) is 11.5 Å². The molecule has 2 aromatic heterocycles. The van der Waals surface area contributed by atoms with Gasteiger partial charge in [0, 0.05) is 52.9 Å². The SMILES string of the molecule is N=C(N)NCCc1cn(C(CN)c2c[nH]c3ccc(OCCF)cc23)c2ccc(OCCF)cc12. The summed E-state index contributed by atoms with van der Waals surface area (Å²) < 4.78 is 38.3. The van der Waals surface area contributed by atoms with E-state index in [2.05, 4.69) is 14.9 Å². The Labute approximate surface area is 201 Å². The number of ether oxygens (including phenoxy) is 2. The van der Waals surface area contributed by atoms with Crippen LogP contribution in [0.25, 0.3) is 21.8 Å². The molecule has 0 amide bonds. The molecule has 0 saturated carbocycles. The van der Waals surface area contributed by atoms with E-state index in [0.29, 0.717) is 31.0 Å². The van der Waals surface area contributed by atoms with Crippen LogP contribution in [-0.2, 0) is 6.42 Å². The molecule has 1 atom stereocenters. The monoisotopic (exact) mass is 484 g/mol. The van der Waals surface area contributed by atoms with Crippen molar-refractivity contribution in [3.8, 4) is 11.5 Å². The number of guanidine groups is 1. The molecule has 0 aliphatic carbocycles. The lowest BCUT2D eigenvalue weighted by Gasteiger charge is -2.19. The van der Waals surface area contributed by atoms with Gasteiger partial charge in [0.25, 0.3) is 0 Å². The predicted octanol–water partition coefficient (Wildman–Crippen LogP) is 3.39. The van der Waals surface area contributed by atoms with Gasteiger partial charge in [-0.1, -0.05) is 0 Å². The van der Waals surface area contributed by atoms with E-state index in [-0.39, 0.29) is 25.2 Å². The molecule has 0 radical (unpaired) electrons. The maximum Gasteiger partial charge on any atom is 0.185 e. The van der Waals surface area contributed by atoms with Gasteiger partial charge in [-0.05, 0) is 48.4 Å². The average molecular weight is 485 g/mol. The zero-order chi connectivity index (χ0) is 24.8. The molecule has 35 heavy (non-hydrogen) atoms. The first-order valence-corrected chi connectivity index (χ1v) is 11.5. The van der Waals surface area contributed by atoms with Gasteiger partial charge >= 0.3 is 0 Å². The Hall–Kier alpha value is -3.79. The minimum atomic E-state index is -0.568. The van der Waals surface area contributed by atoms with Gasteiger partial charge in [0.2, 0.25) is 0 Å². The Morgan fingerprint density at radius 3 is 2.40 bits per heavy atom. The highest BCUT2D eigenvalue weighted by molar-refractivity contribution is 5.88. The van der Waals surface area contributed by atoms with Crippen LogP contribution in [0.2, 0.25) is 0 Å². The Kier molecular flexibility index (Phi) is 7.71. The molecule has 186 valence electrons. The summed E-state index contributed by atoms with van der Waals surface area (Å²) >= 11 is 0. The van der Waals surface area contributed by atoms with Crippen molar-refractivity contribution in [2.75, 3.05) is 39.7 Å². The summed E-state index contributed by atoms with van der Waals surface area (Å²) in [5.74, 6) is 1.08. The molecule has 0 fully saturated rings. The second-order valence-corrected chi connectivity index (χ2v) is 8.11. The zero-order valence-corrected chi connectivity index (χ0v) is 19.3. The van der Waals surface area contributed by atoms with Crippen LogP contribution >= 0.6 is 0 Å². The third-order valence-corrected chi connectivity index (χ3v) is 5.89. The van der Waals surface area contributed by atoms with Crippen molar-refractivity contribution < 1.29 is 18.3 Å². The van der Waals surface area contributed by atoms with Gasteiger partial charge < -0.3 is 35.8 Å². The minimum Gasteiger partial charge on any atom is -0.491 e. The summed E-state index contributed by atoms with van der Waals surface area (Å²) in [4.78, 5) is 3.29. The number of H-pyrrole nitrogens is 1. The molecule has 1 unspecified atom stereocenters. The predicted molar refractivity (Wildman–Crippen MR) is 134 cm³/mol. The van der Waals surface area contributed by atoms with Crippen LogP contribution in [-0.4, -0.2) is 55.2 Å². The Balaban J connectivity index is 1.77. The molecule has 0 aliphatic heterocycles. The lowest BCUT2D eigenvalue weighted by atomic mass is 10.0. The van der Waals surface area contributed by atoms with Crippen LogP contribution in [0.3, 0.4) is 0 Å². The van der Waals surface area contributed by atoms with E-state index in [0.717, 1.165) is 32.9 Å². The lowest BCUT2D eigenvalue weighted by Crippen LogP contribution is -2.31. The first kappa shape index (κ1) is 24.3. The zero-order valence-electron chi connectivity index (χ0n) is 19.3. The number of hydrogen-bond acceptors (Lipinski definition) is 4. The number of hydrogen-bond donors (Lipinski definition) is 5. The van der Waals surface area contributed by atoms with Gasteiger partial charge in [-0.15, -0.1) is 0 Å². The fraction of sp³-hybridized carbons (Fsp3) is 0.320. The van der Waals surface area contributed by atoms with E-state index >= 15 is 0 Å². The second-order valence-electron chi connectivity index (χ2n) is 8.11. The molecule has 8 nitrogen and oxygen atoms in total. The molecule has 0 aliphatic rings. The van der Waals surface area contributed by atoms with E-state index in [1.54, 1.807) is 6.07 Å². The number of nitrogens with zero attached hydrogens (tertiary/aromatic N) is 1. The number of nitrogens with one attached hydrogen (secondary N) is 3. The number of rotatable bonds is 12. The third kappa shape index (κ3) is 5.32. The Bertz CT molecular complexity index is 1300. The highest BCUT2D eigenvalue weighted by atomic mass is 19.1. The number of nitrogens with two attached hydrogens (primary N) is 2. The fourth-order valence-electron chi connectivity index (χ4n) is 4.37. The van der Waals surface area contributed by atoms with Crippen molar-refractivity contribution in [1.82, 2.24) is 14.9 Å². The largest absolute Gasteiger partial charge is 0.491 e. The molecule has 10 heteroatoms. The molecule has 2 heterocycles. The molecule has 0 spiro atoms. The molecule has 4 aromatic rings. The van der Waals surface area contributed by atoms with Crippen LogP contribution in [0.4, 0.5) is 8.78 Å². The lowest BCUT2D eigenvalue weighted by molar-refractivity contribution is 0.273. The van der Waals surface area contributed by atoms with Crippen molar-refractivity contribution in [3.63, 3.8) is 0 Å². The molecular weight excluding hydrogens is 454 g/mol. The second kappa shape index (κ2) is 11.1. The number of benzene rings is 2. The molecule has 7 N–H and O–H groups in total. The average Bonchev–Trinajstić information content (AvgIpc) is 3.43. The van der Waals surface area contributed by atoms with E-state index in [4.69, 9.17) is 26.4 Å². The number of fused-ring (bicyclic) bond motifs is 2. The van der Waals surface area contributed by atoms with Crippen LogP contribution in [0, 0.1) is 5.41 Å². The van der Waals surface area contributed by atoms with E-state index < -0.39 is 13.3 Å². The number of aromatic amines is 1. The highest BCUT2D eigenvalue weighted by Crippen LogP contribution is 2.34. The quantitative estimate of drug-likeness (QED) is 0.156. The van der Waals surface area contributed by atoms with Crippen molar-refractivity contribution in [1.29, 1.82) is 5.41 Å². The summed E-state index contributed by atoms with van der Waals surface area (Å²) in [7, 11) is 0. The Morgan fingerprint density at radius 2 is 1.74 bits per heavy atom. The summed E-state index contributed by atoms with van der Waals surface area (Å²) in [6.45, 7) is -0.325. The van der Waals surface area contributed by atoms with Crippen LogP contribution < -0.4 is 26.3 Å². The molecule has 2 aromatic carbocycles. The van der Waals surface area contributed by atoms with Crippen molar-refractivity contribution >= 4 is 27.8 Å². The third-order valence-electron chi connectivity index (χ3n) is 5.89. The summed E-state index contributed by atoms with van der Waals surface area (Å²) in [6, 6.07) is 11.1. The van der Waals surface area contributed by atoms with Gasteiger partial charge in [0.1, 0.15) is 38.1 Å². The van der Waals surface area contributed by atoms with Crippen LogP contribution in [0.15, 0.2) is 48.8 Å². The minimum absolute atomic E-state index is 0.00170. The molecule has 0 saturated heterocycles. The normalized spacial score (nSPS) is 12.2. The van der Waals surface area contributed by atoms with Crippen LogP contribution in [0.1, 0.15) is 17.2 Å². The van der Waals surface area contributed by atoms with Gasteiger partial charge in [0.05, 0.1) is 6.04 Å². The number of alkyl halides is 2. The van der Waals surface area contributed by atoms with E-state index in [1.165, 1.54) is 0 Å². The maximum absolute atomic E-state index is 12.6. The fourth-order valence-corrected chi connectivity index (χ4v) is 4.37. The molecular formula is C25H30F2N6O2. The maximum atomic E-state index is 12.6. The molecule has 0 bridgehead atoms. The van der Waals surface area contributed by atoms with Gasteiger partial charge in [0.15, 0.2) is 5.96 Å². The van der Waals surface area contributed by atoms with Gasteiger partial charge in [-0.2, -0.15) is 0 Å². The van der Waals surface area contributed by atoms with Crippen molar-refractivity contribution in [3.05, 3.63) is 59.9 Å². The smallest absolute Gasteiger partial charge is 0.185 e. The first-order chi connectivity index (χ1) is 17.0. The van der Waals surface area contributed by atoms with E-state index in [9.17, 15) is 8.78 Å². The van der Waals surface area contributed by atoms with Gasteiger partial charge in [-0.3, -0.25) is 5.41 Å². The first-order valence-electron chi connectivity index (χ1n) is 11.5. The topological polar surface area (TPSA) is 127 Å². The molecule has 4 rings (SSSR count). The van der Waals surface area contributed by atoms with Crippen LogP contribution in [0.5, 0.6) is 11.5 Å².